The third-order valence-electron chi connectivity index (χ3n) is 2.38. The monoisotopic (exact) mass is 300 g/mol. The molecule has 0 spiro atoms. The van der Waals surface area contributed by atoms with Crippen LogP contribution in [0.5, 0.6) is 5.75 Å². The summed E-state index contributed by atoms with van der Waals surface area (Å²) in [5.74, 6) is 0.0434. The van der Waals surface area contributed by atoms with Crippen LogP contribution in [-0.2, 0) is 11.2 Å². The summed E-state index contributed by atoms with van der Waals surface area (Å²) in [5, 5.41) is 8.61. The zero-order valence-corrected chi connectivity index (χ0v) is 11.5. The molecule has 0 aliphatic heterocycles. The van der Waals surface area contributed by atoms with Crippen molar-refractivity contribution in [2.24, 2.45) is 0 Å². The summed E-state index contributed by atoms with van der Waals surface area (Å²) < 4.78 is 6.48. The molecule has 0 aromatic heterocycles. The standard InChI is InChI=1S/C13H17BrO3/c1-2-3-8-17-12-6-4-10(9-11(12)14)5-7-13(15)16/h4,6,9H,2-3,5,7-8H2,1H3,(H,15,16). The highest BCUT2D eigenvalue weighted by Crippen LogP contribution is 2.26. The molecule has 0 atom stereocenters. The van der Waals surface area contributed by atoms with E-state index in [9.17, 15) is 4.79 Å². The van der Waals surface area contributed by atoms with Crippen LogP contribution >= 0.6 is 15.9 Å². The molecule has 0 unspecified atom stereocenters. The van der Waals surface area contributed by atoms with Crippen molar-refractivity contribution in [1.82, 2.24) is 0 Å². The van der Waals surface area contributed by atoms with E-state index in [1.807, 2.05) is 18.2 Å². The van der Waals surface area contributed by atoms with Gasteiger partial charge in [-0.2, -0.15) is 0 Å². The van der Waals surface area contributed by atoms with Crippen molar-refractivity contribution in [3.8, 4) is 5.75 Å². The molecule has 17 heavy (non-hydrogen) atoms. The molecule has 0 radical (unpaired) electrons. The first-order valence-corrected chi connectivity index (χ1v) is 6.55. The minimum Gasteiger partial charge on any atom is -0.492 e. The third kappa shape index (κ3) is 5.22. The lowest BCUT2D eigenvalue weighted by molar-refractivity contribution is -0.136. The van der Waals surface area contributed by atoms with Crippen LogP contribution in [0.4, 0.5) is 0 Å². The number of rotatable bonds is 7. The molecule has 0 bridgehead atoms. The Kier molecular flexibility index (Phi) is 6.05. The Morgan fingerprint density at radius 2 is 2.24 bits per heavy atom. The maximum absolute atomic E-state index is 10.5. The molecule has 0 aliphatic carbocycles. The van der Waals surface area contributed by atoms with Crippen molar-refractivity contribution >= 4 is 21.9 Å². The largest absolute Gasteiger partial charge is 0.492 e. The molecule has 0 saturated heterocycles. The molecule has 0 saturated carbocycles. The Labute approximate surface area is 110 Å². The summed E-state index contributed by atoms with van der Waals surface area (Å²) in [6.45, 7) is 2.83. The van der Waals surface area contributed by atoms with E-state index in [4.69, 9.17) is 9.84 Å². The van der Waals surface area contributed by atoms with Crippen molar-refractivity contribution in [2.75, 3.05) is 6.61 Å². The van der Waals surface area contributed by atoms with Crippen molar-refractivity contribution in [1.29, 1.82) is 0 Å². The highest BCUT2D eigenvalue weighted by Gasteiger charge is 2.04. The Morgan fingerprint density at radius 1 is 1.47 bits per heavy atom. The van der Waals surface area contributed by atoms with E-state index in [0.29, 0.717) is 13.0 Å². The van der Waals surface area contributed by atoms with Gasteiger partial charge in [-0.15, -0.1) is 0 Å². The second kappa shape index (κ2) is 7.33. The van der Waals surface area contributed by atoms with Gasteiger partial charge in [-0.1, -0.05) is 19.4 Å². The summed E-state index contributed by atoms with van der Waals surface area (Å²) in [5.41, 5.74) is 1.00. The molecule has 1 aromatic rings. The zero-order valence-electron chi connectivity index (χ0n) is 9.91. The van der Waals surface area contributed by atoms with Gasteiger partial charge < -0.3 is 9.84 Å². The Hall–Kier alpha value is -1.03. The molecular weight excluding hydrogens is 284 g/mol. The third-order valence-corrected chi connectivity index (χ3v) is 3.00. The average molecular weight is 301 g/mol. The van der Waals surface area contributed by atoms with Crippen LogP contribution in [0.1, 0.15) is 31.7 Å². The van der Waals surface area contributed by atoms with Crippen LogP contribution in [-0.4, -0.2) is 17.7 Å². The summed E-state index contributed by atoms with van der Waals surface area (Å²) in [6, 6.07) is 5.72. The molecule has 94 valence electrons. The number of aliphatic carboxylic acids is 1. The molecule has 1 rings (SSSR count). The summed E-state index contributed by atoms with van der Waals surface area (Å²) >= 11 is 3.43. The molecule has 4 heteroatoms. The molecule has 1 aromatic carbocycles. The Morgan fingerprint density at radius 3 is 2.82 bits per heavy atom. The summed E-state index contributed by atoms with van der Waals surface area (Å²) in [4.78, 5) is 10.5. The van der Waals surface area contributed by atoms with Gasteiger partial charge in [0.05, 0.1) is 11.1 Å². The number of benzene rings is 1. The van der Waals surface area contributed by atoms with Crippen LogP contribution < -0.4 is 4.74 Å². The van der Waals surface area contributed by atoms with Gasteiger partial charge in [-0.25, -0.2) is 0 Å². The quantitative estimate of drug-likeness (QED) is 0.782. The zero-order chi connectivity index (χ0) is 12.7. The minimum absolute atomic E-state index is 0.155. The number of ether oxygens (including phenoxy) is 1. The highest BCUT2D eigenvalue weighted by atomic mass is 79.9. The molecular formula is C13H17BrO3. The van der Waals surface area contributed by atoms with E-state index in [2.05, 4.69) is 22.9 Å². The number of halogens is 1. The van der Waals surface area contributed by atoms with E-state index in [1.165, 1.54) is 0 Å². The van der Waals surface area contributed by atoms with Gasteiger partial charge in [0.2, 0.25) is 0 Å². The predicted molar refractivity (Wildman–Crippen MR) is 70.5 cm³/mol. The number of carboxylic acids is 1. The molecule has 1 N–H and O–H groups in total. The van der Waals surface area contributed by atoms with Gasteiger partial charge in [-0.05, 0) is 46.5 Å². The smallest absolute Gasteiger partial charge is 0.303 e. The van der Waals surface area contributed by atoms with Gasteiger partial charge in [0.25, 0.3) is 0 Å². The lowest BCUT2D eigenvalue weighted by atomic mass is 10.1. The van der Waals surface area contributed by atoms with Gasteiger partial charge in [-0.3, -0.25) is 4.79 Å². The molecule has 0 aliphatic rings. The Balaban J connectivity index is 2.56. The fourth-order valence-electron chi connectivity index (χ4n) is 1.39. The van der Waals surface area contributed by atoms with E-state index < -0.39 is 5.97 Å². The topological polar surface area (TPSA) is 46.5 Å². The van der Waals surface area contributed by atoms with E-state index in [0.717, 1.165) is 28.6 Å². The van der Waals surface area contributed by atoms with Gasteiger partial charge in [0, 0.05) is 6.42 Å². The number of hydrogen-bond acceptors (Lipinski definition) is 2. The maximum Gasteiger partial charge on any atom is 0.303 e. The van der Waals surface area contributed by atoms with E-state index >= 15 is 0 Å². The second-order valence-corrected chi connectivity index (χ2v) is 4.71. The molecule has 0 fully saturated rings. The fraction of sp³-hybridized carbons (Fsp3) is 0.462. The number of aryl methyl sites for hydroxylation is 1. The summed E-state index contributed by atoms with van der Waals surface area (Å²) in [6.07, 6.45) is 2.84. The van der Waals surface area contributed by atoms with Crippen LogP contribution in [0.25, 0.3) is 0 Å². The molecule has 3 nitrogen and oxygen atoms in total. The average Bonchev–Trinajstić information content (AvgIpc) is 2.29. The molecule has 0 amide bonds. The van der Waals surface area contributed by atoms with Crippen molar-refractivity contribution in [3.05, 3.63) is 28.2 Å². The fourth-order valence-corrected chi connectivity index (χ4v) is 1.94. The minimum atomic E-state index is -0.774. The van der Waals surface area contributed by atoms with Crippen molar-refractivity contribution < 1.29 is 14.6 Å². The summed E-state index contributed by atoms with van der Waals surface area (Å²) in [7, 11) is 0. The number of carbonyl (C=O) groups is 1. The van der Waals surface area contributed by atoms with Gasteiger partial charge in [0.15, 0.2) is 0 Å². The van der Waals surface area contributed by atoms with Crippen LogP contribution in [0, 0.1) is 0 Å². The number of carboxylic acid groups (broad SMARTS) is 1. The van der Waals surface area contributed by atoms with Crippen molar-refractivity contribution in [2.45, 2.75) is 32.6 Å². The van der Waals surface area contributed by atoms with Crippen LogP contribution in [0.3, 0.4) is 0 Å². The van der Waals surface area contributed by atoms with Crippen molar-refractivity contribution in [3.63, 3.8) is 0 Å². The van der Waals surface area contributed by atoms with Gasteiger partial charge >= 0.3 is 5.97 Å². The normalized spacial score (nSPS) is 10.2. The Bertz CT molecular complexity index is 377. The lowest BCUT2D eigenvalue weighted by Crippen LogP contribution is -1.99. The van der Waals surface area contributed by atoms with Crippen LogP contribution in [0.2, 0.25) is 0 Å². The SMILES string of the molecule is CCCCOc1ccc(CCC(=O)O)cc1Br. The first-order chi connectivity index (χ1) is 8.13. The van der Waals surface area contributed by atoms with Crippen LogP contribution in [0.15, 0.2) is 22.7 Å². The predicted octanol–water partition coefficient (Wildman–Crippen LogP) is 3.65. The maximum atomic E-state index is 10.5. The number of hydrogen-bond donors (Lipinski definition) is 1. The van der Waals surface area contributed by atoms with E-state index in [1.54, 1.807) is 0 Å². The highest BCUT2D eigenvalue weighted by molar-refractivity contribution is 9.10. The first kappa shape index (κ1) is 14.0. The number of unbranched alkanes of at least 4 members (excludes halogenated alkanes) is 1. The van der Waals surface area contributed by atoms with Gasteiger partial charge in [0.1, 0.15) is 5.75 Å². The second-order valence-electron chi connectivity index (χ2n) is 3.86. The molecule has 0 heterocycles. The first-order valence-electron chi connectivity index (χ1n) is 5.76. The lowest BCUT2D eigenvalue weighted by Gasteiger charge is -2.09. The van der Waals surface area contributed by atoms with E-state index in [-0.39, 0.29) is 6.42 Å².